The zero-order valence-corrected chi connectivity index (χ0v) is 10.4. The molecule has 0 N–H and O–H groups in total. The molecule has 0 amide bonds. The van der Waals surface area contributed by atoms with Gasteiger partial charge in [0, 0.05) is 23.9 Å². The van der Waals surface area contributed by atoms with E-state index in [-0.39, 0.29) is 0 Å². The van der Waals surface area contributed by atoms with Gasteiger partial charge in [-0.25, -0.2) is 4.98 Å². The molecule has 2 nitrogen and oxygen atoms in total. The van der Waals surface area contributed by atoms with Gasteiger partial charge in [-0.15, -0.1) is 11.6 Å². The number of alkyl halides is 1. The quantitative estimate of drug-likeness (QED) is 0.769. The van der Waals surface area contributed by atoms with Crippen molar-refractivity contribution in [2.45, 2.75) is 18.9 Å². The molecule has 0 bridgehead atoms. The molecule has 88 valence electrons. The Labute approximate surface area is 106 Å². The molecule has 17 heavy (non-hydrogen) atoms. The minimum absolute atomic E-state index is 0.655. The van der Waals surface area contributed by atoms with Crippen molar-refractivity contribution >= 4 is 28.3 Å². The van der Waals surface area contributed by atoms with E-state index in [0.717, 1.165) is 17.9 Å². The van der Waals surface area contributed by atoms with Crippen molar-refractivity contribution < 1.29 is 0 Å². The van der Waals surface area contributed by atoms with E-state index in [4.69, 9.17) is 16.6 Å². The summed E-state index contributed by atoms with van der Waals surface area (Å²) >= 11 is 5.87. The fourth-order valence-corrected chi connectivity index (χ4v) is 2.36. The Morgan fingerprint density at radius 2 is 2.00 bits per heavy atom. The summed E-state index contributed by atoms with van der Waals surface area (Å²) in [7, 11) is 0. The first-order valence-electron chi connectivity index (χ1n) is 6.07. The third-order valence-corrected chi connectivity index (χ3v) is 3.36. The lowest BCUT2D eigenvalue weighted by atomic mass is 10.2. The lowest BCUT2D eigenvalue weighted by Crippen LogP contribution is -2.28. The molecular weight excluding hydrogens is 232 g/mol. The topological polar surface area (TPSA) is 16.1 Å². The van der Waals surface area contributed by atoms with Gasteiger partial charge in [-0.3, -0.25) is 0 Å². The number of halogens is 1. The highest BCUT2D eigenvalue weighted by Gasteiger charge is 2.29. The fourth-order valence-electron chi connectivity index (χ4n) is 2.18. The molecular formula is C14H15ClN2. The van der Waals surface area contributed by atoms with E-state index in [1.54, 1.807) is 0 Å². The molecule has 3 rings (SSSR count). The molecule has 3 heteroatoms. The molecule has 1 aromatic carbocycles. The van der Waals surface area contributed by atoms with Crippen molar-refractivity contribution in [3.05, 3.63) is 36.4 Å². The monoisotopic (exact) mass is 246 g/mol. The first kappa shape index (κ1) is 10.8. The summed E-state index contributed by atoms with van der Waals surface area (Å²) in [6.45, 7) is 0.886. The van der Waals surface area contributed by atoms with Crippen LogP contribution >= 0.6 is 11.6 Å². The molecule has 1 aliphatic rings. The van der Waals surface area contributed by atoms with Crippen molar-refractivity contribution in [3.63, 3.8) is 0 Å². The Kier molecular flexibility index (Phi) is 2.89. The van der Waals surface area contributed by atoms with Crippen molar-refractivity contribution in [2.75, 3.05) is 17.3 Å². The number of nitrogens with zero attached hydrogens (tertiary/aromatic N) is 2. The second-order valence-corrected chi connectivity index (χ2v) is 4.85. The summed E-state index contributed by atoms with van der Waals surface area (Å²) in [5.41, 5.74) is 1.06. The minimum atomic E-state index is 0.655. The SMILES string of the molecule is ClCCN(c1ccc2ccccc2n1)C1CC1. The van der Waals surface area contributed by atoms with E-state index in [2.05, 4.69) is 29.2 Å². The normalized spacial score (nSPS) is 15.1. The number of anilines is 1. The first-order chi connectivity index (χ1) is 8.38. The molecule has 0 atom stereocenters. The number of pyridine rings is 1. The van der Waals surface area contributed by atoms with Gasteiger partial charge in [-0.05, 0) is 31.0 Å². The number of para-hydroxylation sites is 1. The highest BCUT2D eigenvalue weighted by molar-refractivity contribution is 6.18. The van der Waals surface area contributed by atoms with Gasteiger partial charge in [0.15, 0.2) is 0 Å². The summed E-state index contributed by atoms with van der Waals surface area (Å²) in [5.74, 6) is 1.72. The number of benzene rings is 1. The molecule has 1 fully saturated rings. The van der Waals surface area contributed by atoms with E-state index < -0.39 is 0 Å². The van der Waals surface area contributed by atoms with Crippen LogP contribution < -0.4 is 4.90 Å². The maximum Gasteiger partial charge on any atom is 0.129 e. The molecule has 1 aliphatic carbocycles. The standard InChI is InChI=1S/C14H15ClN2/c15-9-10-17(12-6-7-12)14-8-5-11-3-1-2-4-13(11)16-14/h1-5,8,12H,6-7,9-10H2. The second kappa shape index (κ2) is 4.53. The predicted octanol–water partition coefficient (Wildman–Crippen LogP) is 3.44. The minimum Gasteiger partial charge on any atom is -0.352 e. The zero-order chi connectivity index (χ0) is 11.7. The van der Waals surface area contributed by atoms with E-state index in [9.17, 15) is 0 Å². The molecule has 0 radical (unpaired) electrons. The number of rotatable bonds is 4. The van der Waals surface area contributed by atoms with Gasteiger partial charge in [-0.2, -0.15) is 0 Å². The smallest absolute Gasteiger partial charge is 0.129 e. The Morgan fingerprint density at radius 1 is 1.18 bits per heavy atom. The van der Waals surface area contributed by atoms with Crippen molar-refractivity contribution in [3.8, 4) is 0 Å². The number of aromatic nitrogens is 1. The van der Waals surface area contributed by atoms with E-state index in [0.29, 0.717) is 11.9 Å². The van der Waals surface area contributed by atoms with E-state index >= 15 is 0 Å². The molecule has 1 heterocycles. The third kappa shape index (κ3) is 2.22. The lowest BCUT2D eigenvalue weighted by Gasteiger charge is -2.22. The highest BCUT2D eigenvalue weighted by Crippen LogP contribution is 2.31. The third-order valence-electron chi connectivity index (χ3n) is 3.19. The number of hydrogen-bond donors (Lipinski definition) is 0. The van der Waals surface area contributed by atoms with Gasteiger partial charge in [0.05, 0.1) is 5.52 Å². The van der Waals surface area contributed by atoms with Gasteiger partial charge < -0.3 is 4.90 Å². The van der Waals surface area contributed by atoms with E-state index in [1.807, 2.05) is 12.1 Å². The van der Waals surface area contributed by atoms with Crippen LogP contribution in [0.5, 0.6) is 0 Å². The molecule has 1 saturated carbocycles. The molecule has 0 unspecified atom stereocenters. The molecule has 2 aromatic rings. The zero-order valence-electron chi connectivity index (χ0n) is 9.64. The van der Waals surface area contributed by atoms with Crippen LogP contribution in [0.4, 0.5) is 5.82 Å². The Morgan fingerprint density at radius 3 is 2.76 bits per heavy atom. The van der Waals surface area contributed by atoms with Gasteiger partial charge in [-0.1, -0.05) is 18.2 Å². The summed E-state index contributed by atoms with van der Waals surface area (Å²) in [6.07, 6.45) is 2.54. The summed E-state index contributed by atoms with van der Waals surface area (Å²) in [4.78, 5) is 7.06. The fraction of sp³-hybridized carbons (Fsp3) is 0.357. The Balaban J connectivity index is 1.97. The van der Waals surface area contributed by atoms with Crippen LogP contribution in [0.3, 0.4) is 0 Å². The maximum absolute atomic E-state index is 5.87. The Bertz CT molecular complexity index is 522. The number of hydrogen-bond acceptors (Lipinski definition) is 2. The van der Waals surface area contributed by atoms with Gasteiger partial charge in [0.1, 0.15) is 5.82 Å². The summed E-state index contributed by atoms with van der Waals surface area (Å²) in [6, 6.07) is 13.1. The van der Waals surface area contributed by atoms with Gasteiger partial charge >= 0.3 is 0 Å². The highest BCUT2D eigenvalue weighted by atomic mass is 35.5. The van der Waals surface area contributed by atoms with Crippen LogP contribution in [-0.2, 0) is 0 Å². The molecule has 0 spiro atoms. The van der Waals surface area contributed by atoms with Crippen LogP contribution in [0.2, 0.25) is 0 Å². The van der Waals surface area contributed by atoms with Gasteiger partial charge in [0.25, 0.3) is 0 Å². The molecule has 0 saturated heterocycles. The van der Waals surface area contributed by atoms with Crippen molar-refractivity contribution in [2.24, 2.45) is 0 Å². The largest absolute Gasteiger partial charge is 0.352 e. The van der Waals surface area contributed by atoms with Crippen molar-refractivity contribution in [1.29, 1.82) is 0 Å². The second-order valence-electron chi connectivity index (χ2n) is 4.48. The average Bonchev–Trinajstić information content (AvgIpc) is 3.20. The molecule has 1 aromatic heterocycles. The average molecular weight is 247 g/mol. The predicted molar refractivity (Wildman–Crippen MR) is 72.8 cm³/mol. The van der Waals surface area contributed by atoms with Crippen LogP contribution in [0.15, 0.2) is 36.4 Å². The molecule has 0 aliphatic heterocycles. The van der Waals surface area contributed by atoms with Crippen LogP contribution in [0, 0.1) is 0 Å². The maximum atomic E-state index is 5.87. The summed E-state index contributed by atoms with van der Waals surface area (Å²) in [5, 5.41) is 1.19. The van der Waals surface area contributed by atoms with Gasteiger partial charge in [0.2, 0.25) is 0 Å². The van der Waals surface area contributed by atoms with Crippen LogP contribution in [0.1, 0.15) is 12.8 Å². The number of fused-ring (bicyclic) bond motifs is 1. The Hall–Kier alpha value is -1.28. The van der Waals surface area contributed by atoms with Crippen molar-refractivity contribution in [1.82, 2.24) is 4.98 Å². The summed E-state index contributed by atoms with van der Waals surface area (Å²) < 4.78 is 0. The van der Waals surface area contributed by atoms with Crippen LogP contribution in [0.25, 0.3) is 10.9 Å². The lowest BCUT2D eigenvalue weighted by molar-refractivity contribution is 0.815. The first-order valence-corrected chi connectivity index (χ1v) is 6.60. The van der Waals surface area contributed by atoms with Crippen LogP contribution in [-0.4, -0.2) is 23.5 Å². The van der Waals surface area contributed by atoms with E-state index in [1.165, 1.54) is 18.2 Å².